The number of rotatable bonds is 11. The van der Waals surface area contributed by atoms with Crippen LogP contribution < -0.4 is 10.1 Å². The summed E-state index contributed by atoms with van der Waals surface area (Å²) in [6.45, 7) is 6.15. The van der Waals surface area contributed by atoms with Crippen molar-refractivity contribution in [2.24, 2.45) is 0 Å². The number of carbonyl (C=O) groups is 2. The number of halogens is 1. The van der Waals surface area contributed by atoms with Gasteiger partial charge in [-0.15, -0.1) is 0 Å². The summed E-state index contributed by atoms with van der Waals surface area (Å²) >= 11 is 0. The maximum Gasteiger partial charge on any atom is 0.408 e. The number of nitrogens with zero attached hydrogens (tertiary/aromatic N) is 2. The number of methoxy groups -OCH3 is 1. The van der Waals surface area contributed by atoms with Crippen LogP contribution in [0.15, 0.2) is 42.7 Å². The summed E-state index contributed by atoms with van der Waals surface area (Å²) < 4.78 is 38.6. The number of nitrogens with one attached hydrogen (secondary N) is 1. The van der Waals surface area contributed by atoms with Crippen LogP contribution in [0.1, 0.15) is 26.3 Å². The Balaban J connectivity index is 1.71. The quantitative estimate of drug-likeness (QED) is 0.215. The topological polar surface area (TPSA) is 101 Å². The van der Waals surface area contributed by atoms with Crippen LogP contribution in [-0.2, 0) is 43.1 Å². The first-order valence-electron chi connectivity index (χ1n) is 12.1. The van der Waals surface area contributed by atoms with Gasteiger partial charge in [-0.2, -0.15) is 0 Å². The summed E-state index contributed by atoms with van der Waals surface area (Å²) in [5.41, 5.74) is 0.392. The second kappa shape index (κ2) is 13.0. The highest BCUT2D eigenvalue weighted by Gasteiger charge is 2.26. The molecule has 2 heterocycles. The van der Waals surface area contributed by atoms with E-state index in [1.165, 1.54) is 19.2 Å². The van der Waals surface area contributed by atoms with E-state index in [0.29, 0.717) is 41.2 Å². The van der Waals surface area contributed by atoms with Crippen molar-refractivity contribution >= 4 is 34.0 Å². The van der Waals surface area contributed by atoms with Crippen molar-refractivity contribution in [3.05, 3.63) is 54.1 Å². The van der Waals surface area contributed by atoms with Gasteiger partial charge in [0.15, 0.2) is 11.6 Å². The van der Waals surface area contributed by atoms with E-state index in [9.17, 15) is 9.59 Å². The van der Waals surface area contributed by atoms with Crippen molar-refractivity contribution in [2.75, 3.05) is 32.0 Å². The van der Waals surface area contributed by atoms with Crippen molar-refractivity contribution in [3.63, 3.8) is 0 Å². The van der Waals surface area contributed by atoms with E-state index >= 15 is 4.39 Å². The third-order valence-corrected chi connectivity index (χ3v) is 6.30. The SMILES string of the molecule is COC(=O)[C@H](Cc1ccc(Oc2ccnc3c2ccn3COCC[S+](C)C)c(F)c1)NC(=O)OC(C)(C)C. The molecular formula is C27H35FN3O6S+. The van der Waals surface area contributed by atoms with Gasteiger partial charge in [-0.1, -0.05) is 6.07 Å². The Morgan fingerprint density at radius 3 is 2.58 bits per heavy atom. The standard InChI is InChI=1S/C27H34FN3O6S/c1-27(2,3)37-26(33)30-21(25(32)34-4)16-18-7-8-23(20(28)15-18)36-22-9-11-29-24-19(22)10-12-31(24)17-35-13-14-38(5)6/h7-12,15,21H,13-14,16-17H2,1-6H3/p+1/t21-/m0/s1. The predicted molar refractivity (Wildman–Crippen MR) is 145 cm³/mol. The number of hydrogen-bond donors (Lipinski definition) is 1. The fraction of sp³-hybridized carbons (Fsp3) is 0.444. The second-order valence-corrected chi connectivity index (χ2v) is 12.2. The lowest BCUT2D eigenvalue weighted by molar-refractivity contribution is -0.143. The Hall–Kier alpha value is -3.31. The molecule has 3 aromatic rings. The van der Waals surface area contributed by atoms with Gasteiger partial charge in [0.1, 0.15) is 35.5 Å². The maximum absolute atomic E-state index is 15.0. The third kappa shape index (κ3) is 8.35. The lowest BCUT2D eigenvalue weighted by Gasteiger charge is -2.22. The monoisotopic (exact) mass is 548 g/mol. The molecule has 0 unspecified atom stereocenters. The van der Waals surface area contributed by atoms with Gasteiger partial charge in [0, 0.05) is 18.8 Å². The molecule has 2 aromatic heterocycles. The highest BCUT2D eigenvalue weighted by molar-refractivity contribution is 7.95. The van der Waals surface area contributed by atoms with Crippen molar-refractivity contribution < 1.29 is 32.9 Å². The molecule has 0 aliphatic carbocycles. The maximum atomic E-state index is 15.0. The van der Waals surface area contributed by atoms with E-state index in [-0.39, 0.29) is 12.2 Å². The Morgan fingerprint density at radius 2 is 1.92 bits per heavy atom. The minimum absolute atomic E-state index is 0.00275. The lowest BCUT2D eigenvalue weighted by Crippen LogP contribution is -2.45. The summed E-state index contributed by atoms with van der Waals surface area (Å²) in [7, 11) is 1.53. The molecule has 0 fully saturated rings. The van der Waals surface area contributed by atoms with Crippen molar-refractivity contribution in [1.29, 1.82) is 0 Å². The summed E-state index contributed by atoms with van der Waals surface area (Å²) in [6.07, 6.45) is 7.02. The Kier molecular flexibility index (Phi) is 9.98. The molecule has 0 spiro atoms. The largest absolute Gasteiger partial charge is 0.467 e. The van der Waals surface area contributed by atoms with Crippen LogP contribution >= 0.6 is 0 Å². The van der Waals surface area contributed by atoms with Gasteiger partial charge in [0.2, 0.25) is 0 Å². The molecule has 0 saturated carbocycles. The van der Waals surface area contributed by atoms with E-state index in [1.807, 2.05) is 16.8 Å². The van der Waals surface area contributed by atoms with Crippen LogP contribution in [0.5, 0.6) is 11.5 Å². The lowest BCUT2D eigenvalue weighted by atomic mass is 10.1. The average Bonchev–Trinajstić information content (AvgIpc) is 3.25. The zero-order chi connectivity index (χ0) is 27.9. The molecule has 38 heavy (non-hydrogen) atoms. The number of alkyl carbamates (subject to hydrolysis) is 1. The number of amides is 1. The van der Waals surface area contributed by atoms with Gasteiger partial charge in [0.05, 0.1) is 31.6 Å². The molecule has 0 aliphatic heterocycles. The second-order valence-electron chi connectivity index (χ2n) is 9.85. The summed E-state index contributed by atoms with van der Waals surface area (Å²) in [4.78, 5) is 28.8. The minimum atomic E-state index is -1.05. The highest BCUT2D eigenvalue weighted by Crippen LogP contribution is 2.31. The average molecular weight is 549 g/mol. The zero-order valence-corrected chi connectivity index (χ0v) is 23.4. The molecular weight excluding hydrogens is 513 g/mol. The summed E-state index contributed by atoms with van der Waals surface area (Å²) in [5, 5.41) is 3.20. The van der Waals surface area contributed by atoms with E-state index in [1.54, 1.807) is 39.1 Å². The smallest absolute Gasteiger partial charge is 0.408 e. The van der Waals surface area contributed by atoms with Gasteiger partial charge >= 0.3 is 12.1 Å². The Labute approximate surface area is 225 Å². The molecule has 0 saturated heterocycles. The first kappa shape index (κ1) is 29.2. The molecule has 206 valence electrons. The number of fused-ring (bicyclic) bond motifs is 1. The number of hydrogen-bond acceptors (Lipinski definition) is 7. The van der Waals surface area contributed by atoms with E-state index in [4.69, 9.17) is 18.9 Å². The van der Waals surface area contributed by atoms with Crippen LogP contribution in [0.25, 0.3) is 11.0 Å². The Bertz CT molecular complexity index is 1260. The summed E-state index contributed by atoms with van der Waals surface area (Å²) in [6, 6.07) is 6.82. The molecule has 1 aromatic carbocycles. The molecule has 3 rings (SSSR count). The van der Waals surface area contributed by atoms with Crippen LogP contribution in [0.3, 0.4) is 0 Å². The summed E-state index contributed by atoms with van der Waals surface area (Å²) in [5.74, 6) is 0.161. The fourth-order valence-electron chi connectivity index (χ4n) is 3.54. The molecule has 1 amide bonds. The number of benzene rings is 1. The predicted octanol–water partition coefficient (Wildman–Crippen LogP) is 4.43. The minimum Gasteiger partial charge on any atom is -0.467 e. The first-order valence-corrected chi connectivity index (χ1v) is 14.3. The number of carbonyl (C=O) groups excluding carboxylic acids is 2. The van der Waals surface area contributed by atoms with Crippen LogP contribution in [0.4, 0.5) is 9.18 Å². The van der Waals surface area contributed by atoms with E-state index in [0.717, 1.165) is 11.1 Å². The van der Waals surface area contributed by atoms with Gasteiger partial charge in [-0.25, -0.2) is 19.0 Å². The van der Waals surface area contributed by atoms with Crippen LogP contribution in [0.2, 0.25) is 0 Å². The van der Waals surface area contributed by atoms with Gasteiger partial charge in [0.25, 0.3) is 0 Å². The van der Waals surface area contributed by atoms with Crippen molar-refractivity contribution in [1.82, 2.24) is 14.9 Å². The molecule has 1 atom stereocenters. The molecule has 0 aliphatic rings. The fourth-order valence-corrected chi connectivity index (χ4v) is 3.99. The number of pyridine rings is 1. The molecule has 0 radical (unpaired) electrons. The van der Waals surface area contributed by atoms with Gasteiger partial charge in [-0.05, 0) is 61.5 Å². The van der Waals surface area contributed by atoms with E-state index in [2.05, 4.69) is 22.8 Å². The number of aromatic nitrogens is 2. The molecule has 0 bridgehead atoms. The van der Waals surface area contributed by atoms with Crippen LogP contribution in [0, 0.1) is 5.82 Å². The third-order valence-electron chi connectivity index (χ3n) is 5.32. The normalized spacial score (nSPS) is 12.4. The van der Waals surface area contributed by atoms with Crippen LogP contribution in [-0.4, -0.2) is 65.2 Å². The number of esters is 1. The van der Waals surface area contributed by atoms with Gasteiger partial charge < -0.3 is 28.8 Å². The van der Waals surface area contributed by atoms with Gasteiger partial charge in [-0.3, -0.25) is 0 Å². The van der Waals surface area contributed by atoms with Crippen molar-refractivity contribution in [2.45, 2.75) is 45.6 Å². The zero-order valence-electron chi connectivity index (χ0n) is 22.6. The Morgan fingerprint density at radius 1 is 1.16 bits per heavy atom. The molecule has 1 N–H and O–H groups in total. The molecule has 9 nitrogen and oxygen atoms in total. The van der Waals surface area contributed by atoms with Crippen molar-refractivity contribution in [3.8, 4) is 11.5 Å². The van der Waals surface area contributed by atoms with E-state index < -0.39 is 29.5 Å². The first-order chi connectivity index (χ1) is 18.0. The highest BCUT2D eigenvalue weighted by atomic mass is 32.2. The number of ether oxygens (including phenoxy) is 4. The molecule has 11 heteroatoms.